The largest absolute Gasteiger partial charge is 0.377 e. The number of aromatic nitrogens is 2. The molecule has 2 heterocycles. The molecule has 1 aliphatic heterocycles. The van der Waals surface area contributed by atoms with Crippen molar-refractivity contribution in [3.05, 3.63) is 53.7 Å². The summed E-state index contributed by atoms with van der Waals surface area (Å²) in [6.07, 6.45) is 2.91. The van der Waals surface area contributed by atoms with E-state index in [0.29, 0.717) is 30.5 Å². The molecule has 0 aliphatic carbocycles. The van der Waals surface area contributed by atoms with Crippen LogP contribution in [0, 0.1) is 0 Å². The molecule has 1 amide bonds. The van der Waals surface area contributed by atoms with E-state index in [1.807, 2.05) is 12.1 Å². The number of hydrogen-bond donors (Lipinski definition) is 1. The van der Waals surface area contributed by atoms with Crippen LogP contribution < -0.4 is 5.73 Å². The molecule has 1 fully saturated rings. The zero-order chi connectivity index (χ0) is 17.1. The van der Waals surface area contributed by atoms with Crippen LogP contribution in [0.1, 0.15) is 11.6 Å². The number of amides is 1. The Balaban J connectivity index is 2.01. The Morgan fingerprint density at radius 3 is 3.04 bits per heavy atom. The topological polar surface area (TPSA) is 81.3 Å². The van der Waals surface area contributed by atoms with Gasteiger partial charge in [-0.1, -0.05) is 18.2 Å². The average Bonchev–Trinajstić information content (AvgIpc) is 2.60. The number of carbonyl (C=O) groups excluding carboxylic acids is 1. The third-order valence-corrected chi connectivity index (χ3v) is 4.08. The number of ether oxygens (including phenoxy) is 1. The lowest BCUT2D eigenvalue weighted by atomic mass is 10.0. The van der Waals surface area contributed by atoms with Gasteiger partial charge in [-0.3, -0.25) is 4.79 Å². The number of hydrogen-bond acceptors (Lipinski definition) is 5. The van der Waals surface area contributed by atoms with E-state index in [2.05, 4.69) is 16.5 Å². The minimum atomic E-state index is -0.221. The molecule has 6 nitrogen and oxygen atoms in total. The zero-order valence-electron chi connectivity index (χ0n) is 13.0. The molecule has 0 saturated carbocycles. The Morgan fingerprint density at radius 1 is 1.46 bits per heavy atom. The minimum absolute atomic E-state index is 0.129. The normalized spacial score (nSPS) is 17.5. The summed E-state index contributed by atoms with van der Waals surface area (Å²) in [5, 5.41) is 0.552. The number of benzene rings is 1. The lowest BCUT2D eigenvalue weighted by Crippen LogP contribution is -2.42. The molecule has 0 spiro atoms. The van der Waals surface area contributed by atoms with Crippen LogP contribution >= 0.6 is 11.6 Å². The Labute approximate surface area is 144 Å². The number of anilines is 1. The van der Waals surface area contributed by atoms with Gasteiger partial charge in [0.2, 0.25) is 11.9 Å². The molecule has 1 aliphatic rings. The summed E-state index contributed by atoms with van der Waals surface area (Å²) in [7, 11) is 0. The molecule has 1 saturated heterocycles. The fourth-order valence-electron chi connectivity index (χ4n) is 2.75. The quantitative estimate of drug-likeness (QED) is 0.865. The van der Waals surface area contributed by atoms with Gasteiger partial charge in [0.05, 0.1) is 24.9 Å². The smallest absolute Gasteiger partial charge is 0.246 e. The maximum Gasteiger partial charge on any atom is 0.246 e. The van der Waals surface area contributed by atoms with Crippen LogP contribution in [0.25, 0.3) is 11.3 Å². The summed E-state index contributed by atoms with van der Waals surface area (Å²) in [5.41, 5.74) is 8.01. The predicted molar refractivity (Wildman–Crippen MR) is 92.4 cm³/mol. The van der Waals surface area contributed by atoms with Gasteiger partial charge in [0, 0.05) is 23.3 Å². The van der Waals surface area contributed by atoms with Crippen LogP contribution in [0.2, 0.25) is 5.02 Å². The molecule has 3 rings (SSSR count). The number of nitrogens with two attached hydrogens (primary N) is 1. The first-order valence-electron chi connectivity index (χ1n) is 7.48. The van der Waals surface area contributed by atoms with Gasteiger partial charge >= 0.3 is 0 Å². The molecule has 0 bridgehead atoms. The fourth-order valence-corrected chi connectivity index (χ4v) is 2.99. The second kappa shape index (κ2) is 6.98. The number of nitrogen functional groups attached to an aromatic ring is 1. The highest BCUT2D eigenvalue weighted by Crippen LogP contribution is 2.31. The van der Waals surface area contributed by atoms with Crippen molar-refractivity contribution in [2.75, 3.05) is 25.5 Å². The van der Waals surface area contributed by atoms with Crippen molar-refractivity contribution in [3.8, 4) is 11.3 Å². The summed E-state index contributed by atoms with van der Waals surface area (Å²) in [5.74, 6) is 0.0644. The van der Waals surface area contributed by atoms with Crippen LogP contribution in [0.5, 0.6) is 0 Å². The average molecular weight is 345 g/mol. The summed E-state index contributed by atoms with van der Waals surface area (Å²) in [6.45, 7) is 4.99. The van der Waals surface area contributed by atoms with Crippen molar-refractivity contribution >= 4 is 23.5 Å². The first-order chi connectivity index (χ1) is 11.6. The van der Waals surface area contributed by atoms with Gasteiger partial charge in [-0.2, -0.15) is 0 Å². The third kappa shape index (κ3) is 3.39. The summed E-state index contributed by atoms with van der Waals surface area (Å²) < 4.78 is 5.55. The number of carbonyl (C=O) groups is 1. The monoisotopic (exact) mass is 344 g/mol. The van der Waals surface area contributed by atoms with E-state index in [1.165, 1.54) is 6.08 Å². The molecular weight excluding hydrogens is 328 g/mol. The maximum atomic E-state index is 12.1. The first-order valence-corrected chi connectivity index (χ1v) is 7.86. The van der Waals surface area contributed by atoms with E-state index in [0.717, 1.165) is 11.1 Å². The van der Waals surface area contributed by atoms with Gasteiger partial charge < -0.3 is 15.4 Å². The number of morpholine rings is 1. The molecule has 1 aromatic heterocycles. The Morgan fingerprint density at radius 2 is 2.29 bits per heavy atom. The van der Waals surface area contributed by atoms with Gasteiger partial charge in [0.15, 0.2) is 0 Å². The maximum absolute atomic E-state index is 12.1. The zero-order valence-corrected chi connectivity index (χ0v) is 13.7. The fraction of sp³-hybridized carbons (Fsp3) is 0.235. The molecule has 24 heavy (non-hydrogen) atoms. The van der Waals surface area contributed by atoms with Gasteiger partial charge in [-0.05, 0) is 35.9 Å². The van der Waals surface area contributed by atoms with Crippen molar-refractivity contribution in [1.82, 2.24) is 14.9 Å². The lowest BCUT2D eigenvalue weighted by molar-refractivity contribution is -0.134. The van der Waals surface area contributed by atoms with Crippen molar-refractivity contribution in [3.63, 3.8) is 0 Å². The van der Waals surface area contributed by atoms with E-state index in [9.17, 15) is 4.79 Å². The first kappa shape index (κ1) is 16.4. The van der Waals surface area contributed by atoms with Gasteiger partial charge in [0.1, 0.15) is 0 Å². The van der Waals surface area contributed by atoms with Crippen molar-refractivity contribution < 1.29 is 9.53 Å². The highest BCUT2D eigenvalue weighted by molar-refractivity contribution is 6.31. The molecular formula is C17H17ClN4O2. The van der Waals surface area contributed by atoms with E-state index >= 15 is 0 Å². The molecule has 0 radical (unpaired) electrons. The van der Waals surface area contributed by atoms with Crippen LogP contribution in [0.15, 0.2) is 43.1 Å². The minimum Gasteiger partial charge on any atom is -0.377 e. The number of halogens is 1. The molecule has 2 aromatic rings. The standard InChI is InChI=1S/C17H17ClN4O2/c1-2-16(23)22-5-6-24-10-15(22)12-7-11(8-13(18)9-12)14-3-4-20-17(19)21-14/h2-4,7-9,15H,1,5-6,10H2,(H2,19,20,21). The van der Waals surface area contributed by atoms with Crippen LogP contribution in [0.3, 0.4) is 0 Å². The summed E-state index contributed by atoms with van der Waals surface area (Å²) >= 11 is 6.28. The Bertz CT molecular complexity index is 781. The molecule has 1 atom stereocenters. The van der Waals surface area contributed by atoms with Gasteiger partial charge in [-0.25, -0.2) is 9.97 Å². The second-order valence-corrected chi connectivity index (χ2v) is 5.84. The SMILES string of the molecule is C=CC(=O)N1CCOCC1c1cc(Cl)cc(-c2ccnc(N)n2)c1. The Hall–Kier alpha value is -2.44. The van der Waals surface area contributed by atoms with E-state index in [-0.39, 0.29) is 17.9 Å². The second-order valence-electron chi connectivity index (χ2n) is 5.40. The highest BCUT2D eigenvalue weighted by Gasteiger charge is 2.27. The van der Waals surface area contributed by atoms with Crippen molar-refractivity contribution in [2.45, 2.75) is 6.04 Å². The molecule has 7 heteroatoms. The molecule has 1 unspecified atom stereocenters. The Kier molecular flexibility index (Phi) is 4.78. The lowest BCUT2D eigenvalue weighted by Gasteiger charge is -2.35. The number of nitrogens with zero attached hydrogens (tertiary/aromatic N) is 3. The summed E-state index contributed by atoms with van der Waals surface area (Å²) in [4.78, 5) is 22.0. The highest BCUT2D eigenvalue weighted by atomic mass is 35.5. The van der Waals surface area contributed by atoms with Gasteiger partial charge in [-0.15, -0.1) is 0 Å². The van der Waals surface area contributed by atoms with Crippen LogP contribution in [-0.4, -0.2) is 40.5 Å². The third-order valence-electron chi connectivity index (χ3n) is 3.86. The van der Waals surface area contributed by atoms with E-state index < -0.39 is 0 Å². The van der Waals surface area contributed by atoms with E-state index in [1.54, 1.807) is 23.2 Å². The molecule has 2 N–H and O–H groups in total. The van der Waals surface area contributed by atoms with E-state index in [4.69, 9.17) is 22.1 Å². The summed E-state index contributed by atoms with van der Waals surface area (Å²) in [6, 6.07) is 7.11. The van der Waals surface area contributed by atoms with Gasteiger partial charge in [0.25, 0.3) is 0 Å². The van der Waals surface area contributed by atoms with Crippen molar-refractivity contribution in [2.24, 2.45) is 0 Å². The van der Waals surface area contributed by atoms with Crippen LogP contribution in [0.4, 0.5) is 5.95 Å². The van der Waals surface area contributed by atoms with Crippen LogP contribution in [-0.2, 0) is 9.53 Å². The molecule has 1 aromatic carbocycles. The molecule has 124 valence electrons. The number of rotatable bonds is 3. The van der Waals surface area contributed by atoms with Crippen molar-refractivity contribution in [1.29, 1.82) is 0 Å². The predicted octanol–water partition coefficient (Wildman–Crippen LogP) is 2.47.